The van der Waals surface area contributed by atoms with Crippen LogP contribution in [-0.2, 0) is 24.5 Å². The Morgan fingerprint density at radius 3 is 1.89 bits per heavy atom. The van der Waals surface area contributed by atoms with Gasteiger partial charge in [0.15, 0.2) is 0 Å². The molecule has 0 fully saturated rings. The molecule has 0 aliphatic carbocycles. The molecule has 2 atom stereocenters. The molecule has 0 unspecified atom stereocenters. The molecule has 11 nitrogen and oxygen atoms in total. The molecule has 15 heteroatoms. The number of carbonyl (C=O) groups is 1. The van der Waals surface area contributed by atoms with Crippen LogP contribution in [0.2, 0.25) is 8.50 Å². The van der Waals surface area contributed by atoms with E-state index in [0.717, 1.165) is 11.1 Å². The summed E-state index contributed by atoms with van der Waals surface area (Å²) >= 11 is 0.683. The normalized spacial score (nSPS) is 16.6. The number of aryl methyl sites for hydroxylation is 2. The van der Waals surface area contributed by atoms with Crippen LogP contribution in [0.25, 0.3) is 0 Å². The minimum absolute atomic E-state index is 0.0400. The van der Waals surface area contributed by atoms with Crippen molar-refractivity contribution in [3.8, 4) is 5.75 Å². The number of nitro groups is 1. The van der Waals surface area contributed by atoms with Crippen molar-refractivity contribution in [2.75, 3.05) is 0 Å². The maximum absolute atomic E-state index is 14.2. The van der Waals surface area contributed by atoms with Crippen LogP contribution in [-0.4, -0.2) is 51.2 Å². The van der Waals surface area contributed by atoms with E-state index in [1.165, 1.54) is 91.0 Å². The number of hydrogen-bond acceptors (Lipinski definition) is 10. The van der Waals surface area contributed by atoms with Crippen LogP contribution in [0.15, 0.2) is 101 Å². The quantitative estimate of drug-likeness (QED) is 0.114. The van der Waals surface area contributed by atoms with E-state index in [1.54, 1.807) is 13.8 Å². The molecule has 0 spiro atoms. The third-order valence-electron chi connectivity index (χ3n) is 6.86. The number of fused-ring (bicyclic) bond motifs is 1. The van der Waals surface area contributed by atoms with E-state index in [-0.39, 0.29) is 37.4 Å². The Bertz CT molecular complexity index is 1890. The van der Waals surface area contributed by atoms with Crippen LogP contribution in [0.5, 0.6) is 5.75 Å². The Hall–Kier alpha value is -3.22. The van der Waals surface area contributed by atoms with Gasteiger partial charge in [-0.1, -0.05) is 0 Å². The first-order valence-corrected chi connectivity index (χ1v) is 22.4. The summed E-state index contributed by atoms with van der Waals surface area (Å²) in [5, 5.41) is 11.7. The van der Waals surface area contributed by atoms with Crippen molar-refractivity contribution in [1.29, 1.82) is 0 Å². The molecule has 1 heterocycles. The van der Waals surface area contributed by atoms with Crippen molar-refractivity contribution in [1.82, 2.24) is 0 Å². The molecular weight excluding hydrogens is 826 g/mol. The van der Waals surface area contributed by atoms with Crippen molar-refractivity contribution >= 4 is 66.9 Å². The molecule has 0 saturated heterocycles. The number of hydrogen-bond donors (Lipinski definition) is 0. The Morgan fingerprint density at radius 2 is 1.36 bits per heavy atom. The maximum atomic E-state index is 14.2. The Kier molecular flexibility index (Phi) is 9.25. The second kappa shape index (κ2) is 12.6. The van der Waals surface area contributed by atoms with E-state index in [0.29, 0.717) is 0 Å². The second-order valence-electron chi connectivity index (χ2n) is 10.0. The Balaban J connectivity index is 1.68. The molecule has 0 radical (unpaired) electrons. The molecule has 44 heavy (non-hydrogen) atoms. The van der Waals surface area contributed by atoms with Gasteiger partial charge in [0.05, 0.1) is 0 Å². The van der Waals surface area contributed by atoms with Crippen molar-refractivity contribution < 1.29 is 35.6 Å². The standard InChI is InChI=1S/C15H9ClNO4.2C7H8O3S.Tl/c16-10-4-5-14-12(7-10)13(18)8-15(21-14)9-2-1-3-11(6-9)17(19)20;2*1-6-2-4-7(5-3-6)11(8,9)10;/h1-8,15H;2*2-5H,1H3,(H,8,9,10);/q;;;+2/p-2/t15-;;;/m1.../s1. The van der Waals surface area contributed by atoms with Crippen molar-refractivity contribution in [2.24, 2.45) is 0 Å². The summed E-state index contributed by atoms with van der Waals surface area (Å²) in [7, 11) is -9.31. The topological polar surface area (TPSA) is 156 Å². The monoisotopic (exact) mass is 849 g/mol. The van der Waals surface area contributed by atoms with E-state index in [9.17, 15) is 31.7 Å². The number of nitrogens with zero attached hydrogens (tertiary/aromatic N) is 1. The number of Topliss-reactive ketones (excluding diaryl/α,β-unsaturated/α-hetero) is 1. The number of halogens is 1. The van der Waals surface area contributed by atoms with Gasteiger partial charge in [-0.15, -0.1) is 0 Å². The molecule has 0 bridgehead atoms. The molecule has 0 aromatic heterocycles. The minimum atomic E-state index is -5.48. The SMILES string of the molecule is Cc1ccc(S(=O)(=O)[O][Tl]([O]S(=O)(=O)c2ccc(C)cc2)[C@@H]2C(=O)c3cc(Cl)ccc3O[C@H]2c2cccc([N+](=O)[O-])c2)cc1. The van der Waals surface area contributed by atoms with Gasteiger partial charge in [-0.05, 0) is 0 Å². The van der Waals surface area contributed by atoms with Gasteiger partial charge >= 0.3 is 270 Å². The number of ketones is 1. The molecule has 4 aromatic rings. The molecule has 0 saturated carbocycles. The number of non-ortho nitro benzene ring substituents is 1. The summed E-state index contributed by atoms with van der Waals surface area (Å²) in [5.74, 6) is -0.655. The van der Waals surface area contributed by atoms with Gasteiger partial charge in [-0.3, -0.25) is 0 Å². The van der Waals surface area contributed by atoms with Gasteiger partial charge in [0, 0.05) is 0 Å². The zero-order valence-electron chi connectivity index (χ0n) is 23.1. The van der Waals surface area contributed by atoms with Crippen LogP contribution in [0.4, 0.5) is 5.69 Å². The first kappa shape index (κ1) is 32.2. The number of ether oxygens (including phenoxy) is 1. The van der Waals surface area contributed by atoms with E-state index in [1.807, 2.05) is 0 Å². The van der Waals surface area contributed by atoms with Crippen LogP contribution < -0.4 is 4.74 Å². The predicted molar refractivity (Wildman–Crippen MR) is 161 cm³/mol. The molecule has 1 aliphatic heterocycles. The molecule has 0 N–H and O–H groups in total. The average molecular weight is 849 g/mol. The summed E-state index contributed by atoms with van der Waals surface area (Å²) in [6.07, 6.45) is -1.39. The van der Waals surface area contributed by atoms with Gasteiger partial charge in [-0.25, -0.2) is 0 Å². The van der Waals surface area contributed by atoms with Crippen molar-refractivity contribution in [3.05, 3.63) is 128 Å². The fraction of sp³-hybridized carbons (Fsp3) is 0.138. The van der Waals surface area contributed by atoms with Gasteiger partial charge in [-0.2, -0.15) is 0 Å². The molecule has 0 amide bonds. The number of carbonyl (C=O) groups excluding carboxylic acids is 1. The number of nitro benzene ring substituents is 1. The number of benzene rings is 4. The molecule has 1 aliphatic rings. The van der Waals surface area contributed by atoms with Gasteiger partial charge in [0.1, 0.15) is 0 Å². The summed E-state index contributed by atoms with van der Waals surface area (Å²) in [5.41, 5.74) is 1.28. The van der Waals surface area contributed by atoms with Crippen LogP contribution in [0.3, 0.4) is 0 Å². The van der Waals surface area contributed by atoms with E-state index < -0.39 is 64.1 Å². The summed E-state index contributed by atoms with van der Waals surface area (Å²) in [6, 6.07) is 20.7. The van der Waals surface area contributed by atoms with Gasteiger partial charge in [0.2, 0.25) is 0 Å². The molecule has 5 rings (SSSR count). The Morgan fingerprint density at radius 1 is 0.818 bits per heavy atom. The molecule has 226 valence electrons. The second-order valence-corrected chi connectivity index (χ2v) is 23.7. The average Bonchev–Trinajstić information content (AvgIpc) is 2.97. The summed E-state index contributed by atoms with van der Waals surface area (Å²) in [6.45, 7) is 3.50. The first-order chi connectivity index (χ1) is 20.7. The third-order valence-corrected chi connectivity index (χ3v) is 24.8. The molecular formula is C29H23ClNO10S2Tl. The van der Waals surface area contributed by atoms with Crippen LogP contribution in [0.1, 0.15) is 33.2 Å². The predicted octanol–water partition coefficient (Wildman–Crippen LogP) is 5.85. The van der Waals surface area contributed by atoms with Gasteiger partial charge < -0.3 is 0 Å². The van der Waals surface area contributed by atoms with E-state index in [4.69, 9.17) is 20.6 Å². The third kappa shape index (κ3) is 6.87. The molecule has 4 aromatic carbocycles. The fourth-order valence-electron chi connectivity index (χ4n) is 4.59. The van der Waals surface area contributed by atoms with Crippen molar-refractivity contribution in [2.45, 2.75) is 33.2 Å². The van der Waals surface area contributed by atoms with E-state index >= 15 is 0 Å². The van der Waals surface area contributed by atoms with Gasteiger partial charge in [0.25, 0.3) is 0 Å². The van der Waals surface area contributed by atoms with Crippen LogP contribution >= 0.6 is 11.6 Å². The number of rotatable bonds is 9. The Labute approximate surface area is 268 Å². The fourth-order valence-corrected chi connectivity index (χ4v) is 23.1. The van der Waals surface area contributed by atoms with Crippen molar-refractivity contribution in [3.63, 3.8) is 0 Å². The first-order valence-electron chi connectivity index (χ1n) is 13.0. The van der Waals surface area contributed by atoms with Crippen LogP contribution in [0, 0.1) is 24.0 Å². The summed E-state index contributed by atoms with van der Waals surface area (Å²) < 4.78 is 70.1. The summed E-state index contributed by atoms with van der Waals surface area (Å²) in [4.78, 5) is 24.6. The zero-order valence-corrected chi connectivity index (χ0v) is 30.0. The zero-order chi connectivity index (χ0) is 31.8. The van der Waals surface area contributed by atoms with E-state index in [2.05, 4.69) is 0 Å².